The molecule has 3 rings (SSSR count). The van der Waals surface area contributed by atoms with Crippen LogP contribution in [0.2, 0.25) is 0 Å². The fraction of sp³-hybridized carbons (Fsp3) is 0.0714. The molecule has 6 heteroatoms. The number of nitrogen functional groups attached to an aromatic ring is 1. The van der Waals surface area contributed by atoms with Gasteiger partial charge in [-0.15, -0.1) is 0 Å². The van der Waals surface area contributed by atoms with Crippen LogP contribution in [-0.4, -0.2) is 9.55 Å². The van der Waals surface area contributed by atoms with E-state index in [9.17, 15) is 8.78 Å². The van der Waals surface area contributed by atoms with Crippen molar-refractivity contribution in [3.05, 3.63) is 51.1 Å². The van der Waals surface area contributed by atoms with E-state index < -0.39 is 0 Å². The summed E-state index contributed by atoms with van der Waals surface area (Å²) in [5, 5.41) is 0. The Kier molecular flexibility index (Phi) is 3.12. The van der Waals surface area contributed by atoms with Crippen LogP contribution in [0.1, 0.15) is 5.56 Å². The predicted molar refractivity (Wildman–Crippen MR) is 82.9 cm³/mol. The number of anilines is 1. The Bertz CT molecular complexity index is 827. The summed E-state index contributed by atoms with van der Waals surface area (Å²) in [5.74, 6) is -0.395. The Labute approximate surface area is 127 Å². The van der Waals surface area contributed by atoms with Gasteiger partial charge < -0.3 is 5.73 Å². The summed E-state index contributed by atoms with van der Waals surface area (Å²) in [7, 11) is 0. The fourth-order valence-corrected chi connectivity index (χ4v) is 2.86. The SMILES string of the molecule is Cc1cc2c(cc1F)nc(N)n2-c1ccc(F)cc1I. The third kappa shape index (κ3) is 2.04. The maximum absolute atomic E-state index is 13.6. The van der Waals surface area contributed by atoms with Gasteiger partial charge in [0.1, 0.15) is 11.6 Å². The number of fused-ring (bicyclic) bond motifs is 1. The van der Waals surface area contributed by atoms with Gasteiger partial charge in [-0.05, 0) is 59.3 Å². The first-order valence-electron chi connectivity index (χ1n) is 5.87. The topological polar surface area (TPSA) is 43.8 Å². The van der Waals surface area contributed by atoms with Crippen molar-refractivity contribution in [2.24, 2.45) is 0 Å². The lowest BCUT2D eigenvalue weighted by Gasteiger charge is -2.09. The molecular weight excluding hydrogens is 375 g/mol. The van der Waals surface area contributed by atoms with Crippen molar-refractivity contribution in [2.75, 3.05) is 5.73 Å². The monoisotopic (exact) mass is 385 g/mol. The van der Waals surface area contributed by atoms with Gasteiger partial charge in [0.15, 0.2) is 0 Å². The summed E-state index contributed by atoms with van der Waals surface area (Å²) in [6, 6.07) is 7.45. The second-order valence-corrected chi connectivity index (χ2v) is 5.65. The molecule has 0 spiro atoms. The molecule has 3 aromatic rings. The average Bonchev–Trinajstić information content (AvgIpc) is 2.66. The van der Waals surface area contributed by atoms with Crippen LogP contribution < -0.4 is 5.73 Å². The molecule has 0 amide bonds. The van der Waals surface area contributed by atoms with Gasteiger partial charge in [-0.1, -0.05) is 0 Å². The normalized spacial score (nSPS) is 11.2. The van der Waals surface area contributed by atoms with Crippen LogP contribution >= 0.6 is 22.6 Å². The van der Waals surface area contributed by atoms with Gasteiger partial charge in [0.2, 0.25) is 5.95 Å². The van der Waals surface area contributed by atoms with Gasteiger partial charge in [-0.3, -0.25) is 4.57 Å². The maximum Gasteiger partial charge on any atom is 0.205 e. The predicted octanol–water partition coefficient (Wildman–Crippen LogP) is 3.80. The van der Waals surface area contributed by atoms with Crippen molar-refractivity contribution in [1.29, 1.82) is 0 Å². The van der Waals surface area contributed by atoms with Gasteiger partial charge in [0.25, 0.3) is 0 Å². The first-order chi connectivity index (χ1) is 9.47. The number of benzene rings is 2. The van der Waals surface area contributed by atoms with E-state index in [4.69, 9.17) is 5.73 Å². The molecule has 0 aliphatic rings. The molecule has 3 nitrogen and oxygen atoms in total. The molecule has 0 unspecified atom stereocenters. The van der Waals surface area contributed by atoms with Crippen LogP contribution in [0.4, 0.5) is 14.7 Å². The van der Waals surface area contributed by atoms with Crippen LogP contribution in [0.5, 0.6) is 0 Å². The van der Waals surface area contributed by atoms with Gasteiger partial charge in [-0.2, -0.15) is 0 Å². The molecule has 0 saturated heterocycles. The molecule has 1 aromatic heterocycles. The average molecular weight is 385 g/mol. The lowest BCUT2D eigenvalue weighted by atomic mass is 10.2. The highest BCUT2D eigenvalue weighted by molar-refractivity contribution is 14.1. The first kappa shape index (κ1) is 13.3. The number of halogens is 3. The molecule has 102 valence electrons. The number of aromatic nitrogens is 2. The second kappa shape index (κ2) is 4.69. The van der Waals surface area contributed by atoms with E-state index in [1.807, 2.05) is 22.6 Å². The largest absolute Gasteiger partial charge is 0.369 e. The van der Waals surface area contributed by atoms with E-state index in [0.717, 1.165) is 5.69 Å². The van der Waals surface area contributed by atoms with Crippen LogP contribution in [0.25, 0.3) is 16.7 Å². The van der Waals surface area contributed by atoms with Crippen molar-refractivity contribution < 1.29 is 8.78 Å². The van der Waals surface area contributed by atoms with Crippen molar-refractivity contribution in [2.45, 2.75) is 6.92 Å². The number of nitrogens with zero attached hydrogens (tertiary/aromatic N) is 2. The van der Waals surface area contributed by atoms with Crippen LogP contribution in [0, 0.1) is 22.1 Å². The molecule has 2 N–H and O–H groups in total. The number of hydrogen-bond acceptors (Lipinski definition) is 2. The molecule has 1 heterocycles. The van der Waals surface area contributed by atoms with E-state index in [1.54, 1.807) is 23.6 Å². The quantitative estimate of drug-likeness (QED) is 0.648. The van der Waals surface area contributed by atoms with Crippen molar-refractivity contribution in [1.82, 2.24) is 9.55 Å². The second-order valence-electron chi connectivity index (χ2n) is 4.49. The molecule has 2 aromatic carbocycles. The molecule has 0 saturated carbocycles. The molecule has 0 bridgehead atoms. The molecule has 0 fully saturated rings. The van der Waals surface area contributed by atoms with Gasteiger partial charge in [-0.25, -0.2) is 13.8 Å². The number of nitrogens with two attached hydrogens (primary N) is 1. The summed E-state index contributed by atoms with van der Waals surface area (Å²) < 4.78 is 29.2. The molecule has 0 aliphatic carbocycles. The zero-order chi connectivity index (χ0) is 14.4. The third-order valence-corrected chi connectivity index (χ3v) is 3.98. The van der Waals surface area contributed by atoms with E-state index in [0.29, 0.717) is 20.2 Å². The van der Waals surface area contributed by atoms with Crippen molar-refractivity contribution >= 4 is 39.6 Å². The minimum Gasteiger partial charge on any atom is -0.369 e. The highest BCUT2D eigenvalue weighted by Crippen LogP contribution is 2.28. The molecular formula is C14H10F2IN3. The number of hydrogen-bond donors (Lipinski definition) is 1. The van der Waals surface area contributed by atoms with Gasteiger partial charge in [0.05, 0.1) is 16.7 Å². The van der Waals surface area contributed by atoms with E-state index in [-0.39, 0.29) is 17.6 Å². The molecule has 0 radical (unpaired) electrons. The minimum atomic E-state index is -0.323. The molecule has 0 aliphatic heterocycles. The maximum atomic E-state index is 13.6. The number of imidazole rings is 1. The lowest BCUT2D eigenvalue weighted by Crippen LogP contribution is -2.03. The Morgan fingerprint density at radius 2 is 1.95 bits per heavy atom. The summed E-state index contributed by atoms with van der Waals surface area (Å²) in [4.78, 5) is 4.16. The van der Waals surface area contributed by atoms with Gasteiger partial charge in [0, 0.05) is 9.64 Å². The Balaban J connectivity index is 2.35. The van der Waals surface area contributed by atoms with Crippen LogP contribution in [0.3, 0.4) is 0 Å². The summed E-state index contributed by atoms with van der Waals surface area (Å²) >= 11 is 2.03. The fourth-order valence-electron chi connectivity index (χ4n) is 2.14. The Hall–Kier alpha value is -1.70. The van der Waals surface area contributed by atoms with E-state index in [2.05, 4.69) is 4.98 Å². The highest BCUT2D eigenvalue weighted by Gasteiger charge is 2.14. The van der Waals surface area contributed by atoms with Crippen LogP contribution in [0.15, 0.2) is 30.3 Å². The Morgan fingerprint density at radius 1 is 1.20 bits per heavy atom. The van der Waals surface area contributed by atoms with Crippen molar-refractivity contribution in [3.8, 4) is 5.69 Å². The highest BCUT2D eigenvalue weighted by atomic mass is 127. The van der Waals surface area contributed by atoms with E-state index >= 15 is 0 Å². The molecule has 0 atom stereocenters. The smallest absolute Gasteiger partial charge is 0.205 e. The van der Waals surface area contributed by atoms with Crippen LogP contribution in [-0.2, 0) is 0 Å². The first-order valence-corrected chi connectivity index (χ1v) is 6.95. The Morgan fingerprint density at radius 3 is 2.65 bits per heavy atom. The van der Waals surface area contributed by atoms with Crippen molar-refractivity contribution in [3.63, 3.8) is 0 Å². The summed E-state index contributed by atoms with van der Waals surface area (Å²) in [5.41, 5.74) is 8.33. The minimum absolute atomic E-state index is 0.245. The van der Waals surface area contributed by atoms with E-state index in [1.165, 1.54) is 18.2 Å². The third-order valence-electron chi connectivity index (χ3n) is 3.11. The zero-order valence-electron chi connectivity index (χ0n) is 10.5. The summed E-state index contributed by atoms with van der Waals surface area (Å²) in [6.07, 6.45) is 0. The number of aryl methyl sites for hydroxylation is 1. The standard InChI is InChI=1S/C14H10F2IN3/c1-7-4-13-11(6-9(7)16)19-14(18)20(13)12-3-2-8(15)5-10(12)17/h2-6H,1H3,(H2,18,19). The molecule has 20 heavy (non-hydrogen) atoms. The zero-order valence-corrected chi connectivity index (χ0v) is 12.6. The lowest BCUT2D eigenvalue weighted by molar-refractivity contribution is 0.620. The number of rotatable bonds is 1. The summed E-state index contributed by atoms with van der Waals surface area (Å²) in [6.45, 7) is 1.68. The van der Waals surface area contributed by atoms with Gasteiger partial charge >= 0.3 is 0 Å².